The fourth-order valence-corrected chi connectivity index (χ4v) is 1.94. The molecule has 20 heavy (non-hydrogen) atoms. The quantitative estimate of drug-likeness (QED) is 0.737. The van der Waals surface area contributed by atoms with Gasteiger partial charge in [0, 0.05) is 24.7 Å². The average Bonchev–Trinajstić information content (AvgIpc) is 2.41. The number of methoxy groups -OCH3 is 1. The lowest BCUT2D eigenvalue weighted by Gasteiger charge is -2.13. The molecule has 0 fully saturated rings. The van der Waals surface area contributed by atoms with E-state index in [9.17, 15) is 4.79 Å². The molecule has 1 amide bonds. The van der Waals surface area contributed by atoms with Gasteiger partial charge in [-0.1, -0.05) is 29.8 Å². The molecule has 0 aliphatic carbocycles. The predicted octanol–water partition coefficient (Wildman–Crippen LogP) is 3.25. The van der Waals surface area contributed by atoms with Crippen molar-refractivity contribution in [3.63, 3.8) is 0 Å². The number of ether oxygens (including phenoxy) is 2. The molecule has 0 radical (unpaired) electrons. The Morgan fingerprint density at radius 3 is 2.80 bits per heavy atom. The van der Waals surface area contributed by atoms with Gasteiger partial charge in [-0.25, -0.2) is 0 Å². The Balaban J connectivity index is 2.69. The maximum atomic E-state index is 12.2. The van der Waals surface area contributed by atoms with Gasteiger partial charge in [-0.3, -0.25) is 4.79 Å². The smallest absolute Gasteiger partial charge is 0.255 e. The van der Waals surface area contributed by atoms with E-state index in [1.807, 2.05) is 12.1 Å². The van der Waals surface area contributed by atoms with Crippen LogP contribution in [0.2, 0.25) is 0 Å². The Morgan fingerprint density at radius 1 is 1.40 bits per heavy atom. The Bertz CT molecular complexity index is 435. The van der Waals surface area contributed by atoms with Crippen molar-refractivity contribution in [3.05, 3.63) is 28.2 Å². The summed E-state index contributed by atoms with van der Waals surface area (Å²) in [5.74, 6) is 0.906. The molecule has 0 unspecified atom stereocenters. The summed E-state index contributed by atoms with van der Waals surface area (Å²) in [6, 6.07) is 5.47. The van der Waals surface area contributed by atoms with Gasteiger partial charge in [-0.15, -0.1) is 0 Å². The zero-order valence-corrected chi connectivity index (χ0v) is 13.8. The highest BCUT2D eigenvalue weighted by Crippen LogP contribution is 2.23. The highest BCUT2D eigenvalue weighted by molar-refractivity contribution is 9.10. The van der Waals surface area contributed by atoms with Crippen LogP contribution in [0, 0.1) is 5.92 Å². The Kier molecular flexibility index (Phi) is 7.62. The summed E-state index contributed by atoms with van der Waals surface area (Å²) >= 11 is 3.38. The van der Waals surface area contributed by atoms with Crippen molar-refractivity contribution in [1.82, 2.24) is 5.32 Å². The van der Waals surface area contributed by atoms with E-state index in [4.69, 9.17) is 9.47 Å². The molecule has 1 aromatic carbocycles. The van der Waals surface area contributed by atoms with E-state index < -0.39 is 0 Å². The standard InChI is InChI=1S/C15H22BrNO3/c1-11(2)10-20-14-6-5-12(16)9-13(14)15(18)17-7-4-8-19-3/h5-6,9,11H,4,7-8,10H2,1-3H3,(H,17,18). The van der Waals surface area contributed by atoms with Crippen molar-refractivity contribution in [2.24, 2.45) is 5.92 Å². The van der Waals surface area contributed by atoms with Gasteiger partial charge >= 0.3 is 0 Å². The number of halogens is 1. The van der Waals surface area contributed by atoms with Gasteiger partial charge in [-0.2, -0.15) is 0 Å². The first-order valence-electron chi connectivity index (χ1n) is 6.74. The Hall–Kier alpha value is -1.07. The van der Waals surface area contributed by atoms with Gasteiger partial charge in [0.1, 0.15) is 5.75 Å². The van der Waals surface area contributed by atoms with E-state index in [-0.39, 0.29) is 5.91 Å². The molecular formula is C15H22BrNO3. The van der Waals surface area contributed by atoms with Gasteiger partial charge in [0.15, 0.2) is 0 Å². The maximum Gasteiger partial charge on any atom is 0.255 e. The van der Waals surface area contributed by atoms with Crippen LogP contribution in [0.5, 0.6) is 5.75 Å². The van der Waals surface area contributed by atoms with Crippen LogP contribution in [-0.4, -0.2) is 32.8 Å². The molecule has 0 aliphatic rings. The molecule has 0 saturated heterocycles. The number of hydrogen-bond donors (Lipinski definition) is 1. The topological polar surface area (TPSA) is 47.6 Å². The number of carbonyl (C=O) groups excluding carboxylic acids is 1. The lowest BCUT2D eigenvalue weighted by Crippen LogP contribution is -2.26. The molecule has 1 rings (SSSR count). The van der Waals surface area contributed by atoms with Crippen molar-refractivity contribution >= 4 is 21.8 Å². The number of rotatable bonds is 8. The first-order chi connectivity index (χ1) is 9.54. The molecule has 0 atom stereocenters. The van der Waals surface area contributed by atoms with Crippen molar-refractivity contribution in [1.29, 1.82) is 0 Å². The molecule has 0 saturated carbocycles. The van der Waals surface area contributed by atoms with Gasteiger partial charge in [0.25, 0.3) is 5.91 Å². The Morgan fingerprint density at radius 2 is 2.15 bits per heavy atom. The van der Waals surface area contributed by atoms with Gasteiger partial charge in [-0.05, 0) is 30.5 Å². The Labute approximate surface area is 129 Å². The largest absolute Gasteiger partial charge is 0.492 e. The molecule has 1 N–H and O–H groups in total. The normalized spacial score (nSPS) is 10.7. The number of nitrogens with one attached hydrogen (secondary N) is 1. The summed E-state index contributed by atoms with van der Waals surface area (Å²) in [6.45, 7) is 5.95. The zero-order chi connectivity index (χ0) is 15.0. The van der Waals surface area contributed by atoms with Gasteiger partial charge < -0.3 is 14.8 Å². The fourth-order valence-electron chi connectivity index (χ4n) is 1.58. The second-order valence-electron chi connectivity index (χ2n) is 4.95. The third-order valence-electron chi connectivity index (χ3n) is 2.57. The van der Waals surface area contributed by atoms with Gasteiger partial charge in [0.05, 0.1) is 12.2 Å². The highest BCUT2D eigenvalue weighted by atomic mass is 79.9. The monoisotopic (exact) mass is 343 g/mol. The molecular weight excluding hydrogens is 322 g/mol. The molecule has 4 nitrogen and oxygen atoms in total. The summed E-state index contributed by atoms with van der Waals surface area (Å²) in [5, 5.41) is 2.87. The summed E-state index contributed by atoms with van der Waals surface area (Å²) in [4.78, 5) is 12.2. The van der Waals surface area contributed by atoms with Crippen LogP contribution in [-0.2, 0) is 4.74 Å². The van der Waals surface area contributed by atoms with E-state index in [2.05, 4.69) is 35.1 Å². The van der Waals surface area contributed by atoms with Crippen LogP contribution < -0.4 is 10.1 Å². The molecule has 5 heteroatoms. The van der Waals surface area contributed by atoms with Crippen LogP contribution in [0.1, 0.15) is 30.6 Å². The molecule has 0 heterocycles. The van der Waals surface area contributed by atoms with Crippen LogP contribution >= 0.6 is 15.9 Å². The minimum atomic E-state index is -0.124. The molecule has 112 valence electrons. The van der Waals surface area contributed by atoms with Crippen LogP contribution in [0.15, 0.2) is 22.7 Å². The van der Waals surface area contributed by atoms with E-state index in [0.717, 1.165) is 10.9 Å². The number of carbonyl (C=O) groups is 1. The van der Waals surface area contributed by atoms with E-state index in [0.29, 0.717) is 37.0 Å². The predicted molar refractivity (Wildman–Crippen MR) is 83.3 cm³/mol. The first-order valence-corrected chi connectivity index (χ1v) is 7.53. The van der Waals surface area contributed by atoms with E-state index in [1.165, 1.54) is 0 Å². The van der Waals surface area contributed by atoms with E-state index >= 15 is 0 Å². The van der Waals surface area contributed by atoms with Crippen molar-refractivity contribution in [3.8, 4) is 5.75 Å². The second kappa shape index (κ2) is 8.97. The van der Waals surface area contributed by atoms with Crippen LogP contribution in [0.4, 0.5) is 0 Å². The SMILES string of the molecule is COCCCNC(=O)c1cc(Br)ccc1OCC(C)C. The lowest BCUT2D eigenvalue weighted by atomic mass is 10.2. The molecule has 0 aromatic heterocycles. The van der Waals surface area contributed by atoms with Gasteiger partial charge in [0.2, 0.25) is 0 Å². The molecule has 0 aliphatic heterocycles. The summed E-state index contributed by atoms with van der Waals surface area (Å²) in [7, 11) is 1.65. The fraction of sp³-hybridized carbons (Fsp3) is 0.533. The number of benzene rings is 1. The highest BCUT2D eigenvalue weighted by Gasteiger charge is 2.13. The third kappa shape index (κ3) is 5.92. The zero-order valence-electron chi connectivity index (χ0n) is 12.2. The average molecular weight is 344 g/mol. The van der Waals surface area contributed by atoms with Crippen molar-refractivity contribution < 1.29 is 14.3 Å². The molecule has 1 aromatic rings. The third-order valence-corrected chi connectivity index (χ3v) is 3.06. The first kappa shape index (κ1) is 17.0. The van der Waals surface area contributed by atoms with Crippen LogP contribution in [0.25, 0.3) is 0 Å². The molecule has 0 spiro atoms. The summed E-state index contributed by atoms with van der Waals surface area (Å²) in [6.07, 6.45) is 0.790. The summed E-state index contributed by atoms with van der Waals surface area (Å²) in [5.41, 5.74) is 0.553. The number of hydrogen-bond acceptors (Lipinski definition) is 3. The minimum Gasteiger partial charge on any atom is -0.492 e. The number of amides is 1. The lowest BCUT2D eigenvalue weighted by molar-refractivity contribution is 0.0943. The van der Waals surface area contributed by atoms with Crippen molar-refractivity contribution in [2.45, 2.75) is 20.3 Å². The minimum absolute atomic E-state index is 0.124. The maximum absolute atomic E-state index is 12.2. The van der Waals surface area contributed by atoms with Crippen LogP contribution in [0.3, 0.4) is 0 Å². The van der Waals surface area contributed by atoms with Crippen molar-refractivity contribution in [2.75, 3.05) is 26.9 Å². The molecule has 0 bridgehead atoms. The van der Waals surface area contributed by atoms with E-state index in [1.54, 1.807) is 13.2 Å². The second-order valence-corrected chi connectivity index (χ2v) is 5.86. The summed E-state index contributed by atoms with van der Waals surface area (Å²) < 4.78 is 11.5.